The summed E-state index contributed by atoms with van der Waals surface area (Å²) in [6.45, 7) is 2.39. The number of carbonyl (C=O) groups is 1. The van der Waals surface area contributed by atoms with Gasteiger partial charge in [0.25, 0.3) is 5.91 Å². The molecule has 0 bridgehead atoms. The van der Waals surface area contributed by atoms with Crippen LogP contribution in [0, 0.1) is 6.92 Å². The number of halogens is 1. The van der Waals surface area contributed by atoms with Crippen molar-refractivity contribution in [3.8, 4) is 5.75 Å². The molecule has 0 aliphatic carbocycles. The summed E-state index contributed by atoms with van der Waals surface area (Å²) in [6, 6.07) is 7.22. The molecule has 0 atom stereocenters. The van der Waals surface area contributed by atoms with Gasteiger partial charge in [-0.25, -0.2) is 0 Å². The predicted octanol–water partition coefficient (Wildman–Crippen LogP) is 3.63. The van der Waals surface area contributed by atoms with Gasteiger partial charge in [0.2, 0.25) is 0 Å². The number of ether oxygens (including phenoxy) is 1. The molecule has 5 heteroatoms. The molecule has 0 aliphatic rings. The van der Waals surface area contributed by atoms with E-state index in [-0.39, 0.29) is 5.91 Å². The van der Waals surface area contributed by atoms with E-state index in [9.17, 15) is 4.79 Å². The lowest BCUT2D eigenvalue weighted by Gasteiger charge is -2.18. The van der Waals surface area contributed by atoms with Crippen LogP contribution >= 0.6 is 15.9 Å². The summed E-state index contributed by atoms with van der Waals surface area (Å²) in [5.41, 5.74) is 1.58. The minimum Gasteiger partial charge on any atom is -0.497 e. The molecule has 4 nitrogen and oxygen atoms in total. The van der Waals surface area contributed by atoms with Gasteiger partial charge in [-0.05, 0) is 47.1 Å². The van der Waals surface area contributed by atoms with Crippen LogP contribution in [0.2, 0.25) is 0 Å². The molecule has 1 aromatic heterocycles. The quantitative estimate of drug-likeness (QED) is 0.855. The van der Waals surface area contributed by atoms with E-state index in [1.165, 1.54) is 0 Å². The zero-order valence-electron chi connectivity index (χ0n) is 11.6. The molecule has 0 radical (unpaired) electrons. The Morgan fingerprint density at radius 2 is 2.15 bits per heavy atom. The lowest BCUT2D eigenvalue weighted by molar-refractivity contribution is 0.0783. The minimum atomic E-state index is -0.0728. The average molecular weight is 338 g/mol. The van der Waals surface area contributed by atoms with Gasteiger partial charge in [0, 0.05) is 23.6 Å². The summed E-state index contributed by atoms with van der Waals surface area (Å²) in [5, 5.41) is 0. The van der Waals surface area contributed by atoms with Gasteiger partial charge in [0.05, 0.1) is 18.9 Å². The fourth-order valence-electron chi connectivity index (χ4n) is 1.90. The molecular weight excluding hydrogens is 322 g/mol. The summed E-state index contributed by atoms with van der Waals surface area (Å²) < 4.78 is 11.2. The molecule has 0 spiro atoms. The molecule has 20 heavy (non-hydrogen) atoms. The largest absolute Gasteiger partial charge is 0.497 e. The lowest BCUT2D eigenvalue weighted by Crippen LogP contribution is -2.26. The van der Waals surface area contributed by atoms with Crippen molar-refractivity contribution in [2.45, 2.75) is 13.5 Å². The number of hydrogen-bond donors (Lipinski definition) is 0. The molecule has 0 N–H and O–H groups in total. The van der Waals surface area contributed by atoms with Crippen molar-refractivity contribution in [1.29, 1.82) is 0 Å². The van der Waals surface area contributed by atoms with E-state index in [2.05, 4.69) is 15.9 Å². The molecular formula is C15H16BrNO3. The highest BCUT2D eigenvalue weighted by Crippen LogP contribution is 2.24. The average Bonchev–Trinajstić information content (AvgIpc) is 2.84. The maximum absolute atomic E-state index is 12.5. The number of rotatable bonds is 4. The Labute approximate surface area is 126 Å². The van der Waals surface area contributed by atoms with E-state index in [4.69, 9.17) is 9.15 Å². The van der Waals surface area contributed by atoms with Gasteiger partial charge in [-0.3, -0.25) is 4.79 Å². The normalized spacial score (nSPS) is 10.4. The van der Waals surface area contributed by atoms with Crippen molar-refractivity contribution in [1.82, 2.24) is 4.90 Å². The molecule has 106 valence electrons. The van der Waals surface area contributed by atoms with Crippen LogP contribution in [-0.4, -0.2) is 25.0 Å². The highest BCUT2D eigenvalue weighted by atomic mass is 79.9. The first-order valence-corrected chi connectivity index (χ1v) is 6.94. The minimum absolute atomic E-state index is 0.0728. The first kappa shape index (κ1) is 14.7. The fraction of sp³-hybridized carbons (Fsp3) is 0.267. The summed E-state index contributed by atoms with van der Waals surface area (Å²) in [6.07, 6.45) is 1.63. The molecule has 1 heterocycles. The number of furan rings is 1. The summed E-state index contributed by atoms with van der Waals surface area (Å²) in [5.74, 6) is 1.41. The second kappa shape index (κ2) is 6.13. The number of methoxy groups -OCH3 is 1. The predicted molar refractivity (Wildman–Crippen MR) is 79.9 cm³/mol. The van der Waals surface area contributed by atoms with Gasteiger partial charge < -0.3 is 14.1 Å². The molecule has 0 saturated carbocycles. The first-order chi connectivity index (χ1) is 9.52. The smallest absolute Gasteiger partial charge is 0.255 e. The summed E-state index contributed by atoms with van der Waals surface area (Å²) in [7, 11) is 3.34. The fourth-order valence-corrected chi connectivity index (χ4v) is 2.32. The van der Waals surface area contributed by atoms with Crippen LogP contribution in [0.3, 0.4) is 0 Å². The number of benzene rings is 1. The van der Waals surface area contributed by atoms with Crippen LogP contribution in [0.15, 0.2) is 39.4 Å². The zero-order chi connectivity index (χ0) is 14.7. The molecule has 1 amide bonds. The monoisotopic (exact) mass is 337 g/mol. The van der Waals surface area contributed by atoms with E-state index in [0.717, 1.165) is 15.8 Å². The molecule has 0 saturated heterocycles. The highest BCUT2D eigenvalue weighted by molar-refractivity contribution is 9.10. The standard InChI is InChI=1S/C15H16BrNO3/c1-10-11(6-7-20-10)9-17(2)15(18)13-8-12(19-3)4-5-14(13)16/h4-8H,9H2,1-3H3. The molecule has 2 rings (SSSR count). The van der Waals surface area contributed by atoms with Crippen molar-refractivity contribution >= 4 is 21.8 Å². The van der Waals surface area contributed by atoms with Crippen molar-refractivity contribution in [3.63, 3.8) is 0 Å². The SMILES string of the molecule is COc1ccc(Br)c(C(=O)N(C)Cc2ccoc2C)c1. The highest BCUT2D eigenvalue weighted by Gasteiger charge is 2.17. The van der Waals surface area contributed by atoms with Crippen LogP contribution in [0.1, 0.15) is 21.7 Å². The van der Waals surface area contributed by atoms with Crippen molar-refractivity contribution in [3.05, 3.63) is 51.9 Å². The van der Waals surface area contributed by atoms with Crippen LogP contribution in [0.5, 0.6) is 5.75 Å². The number of hydrogen-bond acceptors (Lipinski definition) is 3. The van der Waals surface area contributed by atoms with E-state index >= 15 is 0 Å². The maximum Gasteiger partial charge on any atom is 0.255 e. The second-order valence-electron chi connectivity index (χ2n) is 4.51. The van der Waals surface area contributed by atoms with Gasteiger partial charge in [0.15, 0.2) is 0 Å². The first-order valence-electron chi connectivity index (χ1n) is 6.15. The lowest BCUT2D eigenvalue weighted by atomic mass is 10.1. The Kier molecular flexibility index (Phi) is 4.49. The van der Waals surface area contributed by atoms with Crippen molar-refractivity contribution in [2.75, 3.05) is 14.2 Å². The Hall–Kier alpha value is -1.75. The Bertz CT molecular complexity index is 621. The van der Waals surface area contributed by atoms with Crippen LogP contribution < -0.4 is 4.74 Å². The maximum atomic E-state index is 12.5. The Morgan fingerprint density at radius 1 is 1.40 bits per heavy atom. The Balaban J connectivity index is 2.20. The third-order valence-electron chi connectivity index (χ3n) is 3.12. The van der Waals surface area contributed by atoms with Crippen LogP contribution in [0.25, 0.3) is 0 Å². The van der Waals surface area contributed by atoms with Crippen LogP contribution in [-0.2, 0) is 6.54 Å². The van der Waals surface area contributed by atoms with Gasteiger partial charge in [0.1, 0.15) is 11.5 Å². The summed E-state index contributed by atoms with van der Waals surface area (Å²) >= 11 is 3.40. The van der Waals surface area contributed by atoms with Crippen molar-refractivity contribution < 1.29 is 13.9 Å². The number of nitrogens with zero attached hydrogens (tertiary/aromatic N) is 1. The molecule has 1 aromatic carbocycles. The van der Waals surface area contributed by atoms with Crippen LogP contribution in [0.4, 0.5) is 0 Å². The van der Waals surface area contributed by atoms with Gasteiger partial charge in [-0.1, -0.05) is 0 Å². The van der Waals surface area contributed by atoms with Gasteiger partial charge >= 0.3 is 0 Å². The van der Waals surface area contributed by atoms with E-state index in [1.807, 2.05) is 19.1 Å². The molecule has 2 aromatic rings. The van der Waals surface area contributed by atoms with E-state index in [1.54, 1.807) is 37.5 Å². The van der Waals surface area contributed by atoms with E-state index in [0.29, 0.717) is 17.9 Å². The second-order valence-corrected chi connectivity index (χ2v) is 5.36. The van der Waals surface area contributed by atoms with Crippen molar-refractivity contribution in [2.24, 2.45) is 0 Å². The number of amides is 1. The van der Waals surface area contributed by atoms with Gasteiger partial charge in [-0.15, -0.1) is 0 Å². The molecule has 0 aliphatic heterocycles. The third-order valence-corrected chi connectivity index (χ3v) is 3.82. The number of carbonyl (C=O) groups excluding carboxylic acids is 1. The summed E-state index contributed by atoms with van der Waals surface area (Å²) in [4.78, 5) is 14.1. The Morgan fingerprint density at radius 3 is 2.75 bits per heavy atom. The van der Waals surface area contributed by atoms with E-state index < -0.39 is 0 Å². The topological polar surface area (TPSA) is 42.7 Å². The molecule has 0 unspecified atom stereocenters. The zero-order valence-corrected chi connectivity index (χ0v) is 13.2. The number of aryl methyl sites for hydroxylation is 1. The van der Waals surface area contributed by atoms with Gasteiger partial charge in [-0.2, -0.15) is 0 Å². The molecule has 0 fully saturated rings. The third kappa shape index (κ3) is 3.04.